The van der Waals surface area contributed by atoms with Crippen LogP contribution in [0.25, 0.3) is 0 Å². The Morgan fingerprint density at radius 1 is 1.37 bits per heavy atom. The van der Waals surface area contributed by atoms with Crippen molar-refractivity contribution in [2.45, 2.75) is 6.92 Å². The van der Waals surface area contributed by atoms with Crippen LogP contribution in [0.5, 0.6) is 5.75 Å². The highest BCUT2D eigenvalue weighted by Crippen LogP contribution is 2.19. The molecule has 5 heteroatoms. The van der Waals surface area contributed by atoms with Crippen molar-refractivity contribution in [1.29, 1.82) is 0 Å². The van der Waals surface area contributed by atoms with Gasteiger partial charge in [-0.15, -0.1) is 0 Å². The highest BCUT2D eigenvalue weighted by Gasteiger charge is 2.03. The number of hydrazone groups is 1. The number of hydrogen-bond donors (Lipinski definition) is 2. The lowest BCUT2D eigenvalue weighted by molar-refractivity contribution is 0.0954. The summed E-state index contributed by atoms with van der Waals surface area (Å²) < 4.78 is 0. The fraction of sp³-hybridized carbons (Fsp3) is 0.0714. The molecule has 0 bridgehead atoms. The van der Waals surface area contributed by atoms with Crippen LogP contribution >= 0.6 is 0 Å². The van der Waals surface area contributed by atoms with Gasteiger partial charge in [0.25, 0.3) is 5.91 Å². The first-order valence-electron chi connectivity index (χ1n) is 5.70. The third-order valence-corrected chi connectivity index (χ3v) is 2.56. The zero-order valence-electron chi connectivity index (χ0n) is 10.4. The minimum Gasteiger partial charge on any atom is -0.507 e. The quantitative estimate of drug-likeness (QED) is 0.649. The molecule has 0 radical (unpaired) electrons. The van der Waals surface area contributed by atoms with Crippen LogP contribution in [0.1, 0.15) is 21.5 Å². The van der Waals surface area contributed by atoms with Gasteiger partial charge in [0, 0.05) is 18.0 Å². The second-order valence-electron chi connectivity index (χ2n) is 3.95. The van der Waals surface area contributed by atoms with Crippen molar-refractivity contribution in [3.63, 3.8) is 0 Å². The highest BCUT2D eigenvalue weighted by atomic mass is 16.3. The number of nitrogens with one attached hydrogen (secondary N) is 1. The number of carbonyl (C=O) groups is 1. The van der Waals surface area contributed by atoms with Crippen LogP contribution in [-0.2, 0) is 0 Å². The molecule has 2 N–H and O–H groups in total. The Bertz CT molecular complexity index is 609. The summed E-state index contributed by atoms with van der Waals surface area (Å²) in [7, 11) is 0. The number of phenols is 1. The summed E-state index contributed by atoms with van der Waals surface area (Å²) in [6.07, 6.45) is 4.44. The number of amides is 1. The fourth-order valence-electron chi connectivity index (χ4n) is 1.51. The molecule has 96 valence electrons. The summed E-state index contributed by atoms with van der Waals surface area (Å²) in [5, 5.41) is 13.6. The number of para-hydroxylation sites is 1. The lowest BCUT2D eigenvalue weighted by Gasteiger charge is -2.02. The van der Waals surface area contributed by atoms with Gasteiger partial charge >= 0.3 is 0 Å². The molecule has 1 aromatic carbocycles. The minimum absolute atomic E-state index is 0.155. The Balaban J connectivity index is 2.05. The van der Waals surface area contributed by atoms with Crippen LogP contribution < -0.4 is 5.43 Å². The molecule has 2 aromatic rings. The van der Waals surface area contributed by atoms with Crippen LogP contribution in [0.4, 0.5) is 0 Å². The molecule has 1 heterocycles. The Morgan fingerprint density at radius 2 is 2.21 bits per heavy atom. The molecule has 1 aromatic heterocycles. The summed E-state index contributed by atoms with van der Waals surface area (Å²) in [5.41, 5.74) is 4.10. The van der Waals surface area contributed by atoms with Gasteiger partial charge in [0.15, 0.2) is 0 Å². The van der Waals surface area contributed by atoms with E-state index in [0.29, 0.717) is 11.1 Å². The van der Waals surface area contributed by atoms with E-state index in [-0.39, 0.29) is 11.7 Å². The number of benzene rings is 1. The van der Waals surface area contributed by atoms with Crippen LogP contribution in [0.3, 0.4) is 0 Å². The second-order valence-corrected chi connectivity index (χ2v) is 3.95. The van der Waals surface area contributed by atoms with E-state index in [0.717, 1.165) is 5.56 Å². The van der Waals surface area contributed by atoms with Crippen molar-refractivity contribution < 1.29 is 9.90 Å². The average molecular weight is 255 g/mol. The van der Waals surface area contributed by atoms with Gasteiger partial charge in [-0.2, -0.15) is 5.10 Å². The maximum Gasteiger partial charge on any atom is 0.272 e. The number of phenolic OH excluding ortho intramolecular Hbond substituents is 1. The molecule has 0 fully saturated rings. The van der Waals surface area contributed by atoms with E-state index in [2.05, 4.69) is 15.5 Å². The number of rotatable bonds is 3. The molecule has 1 amide bonds. The van der Waals surface area contributed by atoms with Crippen molar-refractivity contribution in [2.75, 3.05) is 0 Å². The van der Waals surface area contributed by atoms with Crippen molar-refractivity contribution in [3.8, 4) is 5.75 Å². The number of aryl methyl sites for hydroxylation is 1. The molecule has 19 heavy (non-hydrogen) atoms. The van der Waals surface area contributed by atoms with E-state index in [4.69, 9.17) is 0 Å². The first kappa shape index (κ1) is 12.8. The van der Waals surface area contributed by atoms with Crippen LogP contribution in [0.15, 0.2) is 47.8 Å². The summed E-state index contributed by atoms with van der Waals surface area (Å²) in [4.78, 5) is 15.5. The Labute approximate surface area is 110 Å². The van der Waals surface area contributed by atoms with E-state index >= 15 is 0 Å². The molecular formula is C14H13N3O2. The Hall–Kier alpha value is -2.69. The van der Waals surface area contributed by atoms with Crippen LogP contribution in [0.2, 0.25) is 0 Å². The van der Waals surface area contributed by atoms with Gasteiger partial charge in [0.2, 0.25) is 0 Å². The lowest BCUT2D eigenvalue weighted by Crippen LogP contribution is -2.17. The maximum atomic E-state index is 11.7. The molecular weight excluding hydrogens is 242 g/mol. The van der Waals surface area contributed by atoms with Gasteiger partial charge in [0.1, 0.15) is 5.75 Å². The largest absolute Gasteiger partial charge is 0.507 e. The van der Waals surface area contributed by atoms with Crippen LogP contribution in [-0.4, -0.2) is 22.2 Å². The first-order valence-corrected chi connectivity index (χ1v) is 5.70. The summed E-state index contributed by atoms with van der Waals surface area (Å²) in [6, 6.07) is 8.62. The third-order valence-electron chi connectivity index (χ3n) is 2.56. The summed E-state index contributed by atoms with van der Waals surface area (Å²) in [6.45, 7) is 1.79. The third kappa shape index (κ3) is 3.16. The zero-order valence-corrected chi connectivity index (χ0v) is 10.4. The molecule has 0 aliphatic heterocycles. The first-order chi connectivity index (χ1) is 9.18. The van der Waals surface area contributed by atoms with Crippen LogP contribution in [0, 0.1) is 6.92 Å². The van der Waals surface area contributed by atoms with E-state index in [9.17, 15) is 9.90 Å². The number of carbonyl (C=O) groups excluding carboxylic acids is 1. The molecule has 5 nitrogen and oxygen atoms in total. The molecule has 0 aliphatic rings. The number of pyridine rings is 1. The summed E-state index contributed by atoms with van der Waals surface area (Å²) in [5.74, 6) is -0.196. The fourth-order valence-corrected chi connectivity index (χ4v) is 1.51. The molecule has 2 rings (SSSR count). The van der Waals surface area contributed by atoms with Gasteiger partial charge in [0.05, 0.1) is 11.8 Å². The van der Waals surface area contributed by atoms with Crippen molar-refractivity contribution in [3.05, 3.63) is 59.4 Å². The van der Waals surface area contributed by atoms with Gasteiger partial charge in [-0.05, 0) is 30.7 Å². The van der Waals surface area contributed by atoms with E-state index < -0.39 is 0 Å². The van der Waals surface area contributed by atoms with Crippen molar-refractivity contribution >= 4 is 12.1 Å². The van der Waals surface area contributed by atoms with Crippen molar-refractivity contribution in [2.24, 2.45) is 5.10 Å². The topological polar surface area (TPSA) is 74.6 Å². The van der Waals surface area contributed by atoms with E-state index in [1.54, 1.807) is 43.5 Å². The second kappa shape index (κ2) is 5.77. The molecule has 0 atom stereocenters. The predicted octanol–water partition coefficient (Wildman–Crippen LogP) is 1.86. The monoisotopic (exact) mass is 255 g/mol. The molecule has 0 saturated heterocycles. The number of aromatic hydroxyl groups is 1. The number of aromatic nitrogens is 1. The van der Waals surface area contributed by atoms with E-state index in [1.807, 2.05) is 0 Å². The summed E-state index contributed by atoms with van der Waals surface area (Å²) >= 11 is 0. The highest BCUT2D eigenvalue weighted by molar-refractivity contribution is 5.94. The average Bonchev–Trinajstić information content (AvgIpc) is 2.44. The number of nitrogens with zero attached hydrogens (tertiary/aromatic N) is 2. The van der Waals surface area contributed by atoms with Gasteiger partial charge in [-0.25, -0.2) is 5.43 Å². The minimum atomic E-state index is -0.350. The molecule has 0 spiro atoms. The smallest absolute Gasteiger partial charge is 0.272 e. The van der Waals surface area contributed by atoms with Gasteiger partial charge in [-0.1, -0.05) is 12.1 Å². The normalized spacial score (nSPS) is 10.6. The number of hydrogen-bond acceptors (Lipinski definition) is 4. The SMILES string of the molecule is Cc1cccc(/C=N\NC(=O)c2cccnc2)c1O. The standard InChI is InChI=1S/C14H13N3O2/c1-10-4-2-5-11(13(10)18)9-16-17-14(19)12-6-3-7-15-8-12/h2-9,18H,1H3,(H,17,19)/b16-9-. The van der Waals surface area contributed by atoms with Gasteiger partial charge in [-0.3, -0.25) is 9.78 Å². The predicted molar refractivity (Wildman–Crippen MR) is 72.1 cm³/mol. The van der Waals surface area contributed by atoms with Gasteiger partial charge < -0.3 is 5.11 Å². The lowest BCUT2D eigenvalue weighted by atomic mass is 10.1. The Kier molecular flexibility index (Phi) is 3.87. The molecule has 0 unspecified atom stereocenters. The molecule has 0 saturated carbocycles. The van der Waals surface area contributed by atoms with E-state index in [1.165, 1.54) is 12.4 Å². The maximum absolute atomic E-state index is 11.7. The Morgan fingerprint density at radius 3 is 2.95 bits per heavy atom. The van der Waals surface area contributed by atoms with Crippen molar-refractivity contribution in [1.82, 2.24) is 10.4 Å². The zero-order chi connectivity index (χ0) is 13.7. The molecule has 0 aliphatic carbocycles.